The Kier molecular flexibility index (Phi) is 3.91. The highest BCUT2D eigenvalue weighted by atomic mass is 32.2. The lowest BCUT2D eigenvalue weighted by molar-refractivity contribution is 0.255. The molecule has 2 aliphatic heterocycles. The fourth-order valence-electron chi connectivity index (χ4n) is 3.93. The predicted molar refractivity (Wildman–Crippen MR) is 101 cm³/mol. The molecule has 2 saturated heterocycles. The van der Waals surface area contributed by atoms with Crippen LogP contribution in [0, 0.1) is 6.92 Å². The van der Waals surface area contributed by atoms with E-state index in [1.54, 1.807) is 29.0 Å². The minimum atomic E-state index is -3.22. The van der Waals surface area contributed by atoms with E-state index in [4.69, 9.17) is 4.74 Å². The highest BCUT2D eigenvalue weighted by Crippen LogP contribution is 2.41. The number of nitrogens with zero attached hydrogens (tertiary/aromatic N) is 2. The van der Waals surface area contributed by atoms with E-state index in [0.717, 1.165) is 11.3 Å². The maximum absolute atomic E-state index is 13.4. The third-order valence-corrected chi connectivity index (χ3v) is 6.79. The summed E-state index contributed by atoms with van der Waals surface area (Å²) in [6.07, 6.45) is 0. The van der Waals surface area contributed by atoms with Gasteiger partial charge in [0.2, 0.25) is 0 Å². The fourth-order valence-corrected chi connectivity index (χ4v) is 5.85. The number of rotatable bonds is 3. The van der Waals surface area contributed by atoms with Gasteiger partial charge in [0, 0.05) is 5.69 Å². The number of hydrogen-bond donors (Lipinski definition) is 0. The zero-order valence-corrected chi connectivity index (χ0v) is 15.4. The topological polar surface area (TPSA) is 66.9 Å². The van der Waals surface area contributed by atoms with Gasteiger partial charge in [0.05, 0.1) is 36.4 Å². The van der Waals surface area contributed by atoms with Crippen LogP contribution >= 0.6 is 0 Å². The lowest BCUT2D eigenvalue weighted by Gasteiger charge is -2.24. The van der Waals surface area contributed by atoms with Crippen molar-refractivity contribution in [3.8, 4) is 5.75 Å². The van der Waals surface area contributed by atoms with E-state index in [2.05, 4.69) is 0 Å². The van der Waals surface area contributed by atoms with Gasteiger partial charge in [0.1, 0.15) is 5.75 Å². The van der Waals surface area contributed by atoms with Crippen LogP contribution < -0.4 is 14.5 Å². The number of aryl methyl sites for hydroxylation is 1. The molecule has 2 fully saturated rings. The Balaban J connectivity index is 1.86. The average molecular weight is 372 g/mol. The molecule has 2 atom stereocenters. The van der Waals surface area contributed by atoms with E-state index in [9.17, 15) is 13.2 Å². The van der Waals surface area contributed by atoms with Gasteiger partial charge in [0.25, 0.3) is 0 Å². The summed E-state index contributed by atoms with van der Waals surface area (Å²) >= 11 is 0. The number of hydrogen-bond acceptors (Lipinski definition) is 4. The van der Waals surface area contributed by atoms with Gasteiger partial charge >= 0.3 is 6.03 Å². The highest BCUT2D eigenvalue weighted by molar-refractivity contribution is 7.91. The number of ether oxygens (including phenoxy) is 1. The molecule has 0 saturated carbocycles. The van der Waals surface area contributed by atoms with Crippen LogP contribution in [-0.4, -0.2) is 45.1 Å². The van der Waals surface area contributed by atoms with Gasteiger partial charge in [-0.2, -0.15) is 0 Å². The van der Waals surface area contributed by atoms with Gasteiger partial charge in [-0.05, 0) is 30.7 Å². The third-order valence-electron chi connectivity index (χ3n) is 5.09. The number of fused-ring (bicyclic) bond motifs is 1. The number of amides is 2. The first-order valence-corrected chi connectivity index (χ1v) is 10.3. The third kappa shape index (κ3) is 2.54. The maximum Gasteiger partial charge on any atom is 0.329 e. The molecular formula is C19H20N2O4S. The number of methoxy groups -OCH3 is 1. The average Bonchev–Trinajstić information content (AvgIpc) is 3.04. The summed E-state index contributed by atoms with van der Waals surface area (Å²) in [7, 11) is -1.68. The quantitative estimate of drug-likeness (QED) is 0.777. The minimum Gasteiger partial charge on any atom is -0.495 e. The number of anilines is 2. The predicted octanol–water partition coefficient (Wildman–Crippen LogP) is 2.62. The highest BCUT2D eigenvalue weighted by Gasteiger charge is 2.55. The Morgan fingerprint density at radius 3 is 2.08 bits per heavy atom. The van der Waals surface area contributed by atoms with Gasteiger partial charge in [0.15, 0.2) is 9.84 Å². The SMILES string of the molecule is COc1ccccc1N1C(=O)N(c2ccccc2C)[C@@H]2CS(=O)(=O)C[C@@H]21. The number of carbonyl (C=O) groups excluding carboxylic acids is 1. The Bertz CT molecular complexity index is 973. The molecule has 2 aromatic carbocycles. The van der Waals surface area contributed by atoms with Crippen LogP contribution in [0.5, 0.6) is 5.75 Å². The Labute approximate surface area is 152 Å². The standard InChI is InChI=1S/C19H20N2O4S/c1-13-7-3-4-8-14(13)20-16-11-26(23,24)12-17(16)21(19(20)22)15-9-5-6-10-18(15)25-2/h3-10,16-17H,11-12H2,1-2H3/t16-,17+/m1/s1. The van der Waals surface area contributed by atoms with E-state index in [-0.39, 0.29) is 17.5 Å². The molecule has 136 valence electrons. The summed E-state index contributed by atoms with van der Waals surface area (Å²) in [6, 6.07) is 13.7. The van der Waals surface area contributed by atoms with Crippen LogP contribution in [0.25, 0.3) is 0 Å². The van der Waals surface area contributed by atoms with Gasteiger partial charge in [-0.1, -0.05) is 30.3 Å². The molecule has 26 heavy (non-hydrogen) atoms. The second-order valence-corrected chi connectivity index (χ2v) is 8.85. The summed E-state index contributed by atoms with van der Waals surface area (Å²) in [6.45, 7) is 1.92. The van der Waals surface area contributed by atoms with Crippen molar-refractivity contribution < 1.29 is 17.9 Å². The Morgan fingerprint density at radius 1 is 0.923 bits per heavy atom. The summed E-state index contributed by atoms with van der Waals surface area (Å²) in [5.74, 6) is 0.489. The Morgan fingerprint density at radius 2 is 1.46 bits per heavy atom. The normalized spacial score (nSPS) is 24.0. The summed E-state index contributed by atoms with van der Waals surface area (Å²) < 4.78 is 30.1. The molecule has 0 N–H and O–H groups in total. The molecule has 0 aromatic heterocycles. The minimum absolute atomic E-state index is 0.0244. The van der Waals surface area contributed by atoms with Crippen molar-refractivity contribution in [2.24, 2.45) is 0 Å². The number of urea groups is 1. The van der Waals surface area contributed by atoms with Gasteiger partial charge in [-0.25, -0.2) is 13.2 Å². The smallest absolute Gasteiger partial charge is 0.329 e. The number of para-hydroxylation sites is 3. The van der Waals surface area contributed by atoms with Crippen LogP contribution in [0.2, 0.25) is 0 Å². The van der Waals surface area contributed by atoms with Crippen LogP contribution in [0.3, 0.4) is 0 Å². The van der Waals surface area contributed by atoms with Crippen molar-refractivity contribution in [1.29, 1.82) is 0 Å². The van der Waals surface area contributed by atoms with Crippen molar-refractivity contribution >= 4 is 27.2 Å². The lowest BCUT2D eigenvalue weighted by Crippen LogP contribution is -2.38. The van der Waals surface area contributed by atoms with Crippen molar-refractivity contribution in [3.63, 3.8) is 0 Å². The number of carbonyl (C=O) groups is 1. The monoisotopic (exact) mass is 372 g/mol. The molecule has 6 nitrogen and oxygen atoms in total. The summed E-state index contributed by atoms with van der Waals surface area (Å²) in [5, 5.41) is 0. The molecular weight excluding hydrogens is 352 g/mol. The molecule has 4 rings (SSSR count). The first-order chi connectivity index (χ1) is 12.4. The van der Waals surface area contributed by atoms with E-state index in [1.165, 1.54) is 0 Å². The molecule has 2 heterocycles. The van der Waals surface area contributed by atoms with Crippen molar-refractivity contribution in [2.75, 3.05) is 28.4 Å². The van der Waals surface area contributed by atoms with Crippen molar-refractivity contribution in [1.82, 2.24) is 0 Å². The molecule has 2 amide bonds. The van der Waals surface area contributed by atoms with E-state index >= 15 is 0 Å². The summed E-state index contributed by atoms with van der Waals surface area (Å²) in [5.41, 5.74) is 2.29. The number of benzene rings is 2. The molecule has 7 heteroatoms. The maximum atomic E-state index is 13.4. The molecule has 2 aliphatic rings. The molecule has 0 spiro atoms. The molecule has 0 aliphatic carbocycles. The molecule has 0 unspecified atom stereocenters. The first-order valence-electron chi connectivity index (χ1n) is 8.44. The van der Waals surface area contributed by atoms with Gasteiger partial charge in [-0.3, -0.25) is 9.80 Å². The van der Waals surface area contributed by atoms with E-state index < -0.39 is 21.9 Å². The van der Waals surface area contributed by atoms with Crippen LogP contribution in [-0.2, 0) is 9.84 Å². The zero-order chi connectivity index (χ0) is 18.5. The second kappa shape index (κ2) is 6.02. The van der Waals surface area contributed by atoms with Gasteiger partial charge in [-0.15, -0.1) is 0 Å². The van der Waals surface area contributed by atoms with Crippen LogP contribution in [0.4, 0.5) is 16.2 Å². The van der Waals surface area contributed by atoms with Crippen molar-refractivity contribution in [2.45, 2.75) is 19.0 Å². The lowest BCUT2D eigenvalue weighted by atomic mass is 10.1. The van der Waals surface area contributed by atoms with Gasteiger partial charge < -0.3 is 4.74 Å². The largest absolute Gasteiger partial charge is 0.495 e. The fraction of sp³-hybridized carbons (Fsp3) is 0.316. The zero-order valence-electron chi connectivity index (χ0n) is 14.6. The molecule has 2 aromatic rings. The second-order valence-electron chi connectivity index (χ2n) is 6.69. The van der Waals surface area contributed by atoms with Crippen molar-refractivity contribution in [3.05, 3.63) is 54.1 Å². The van der Waals surface area contributed by atoms with Crippen LogP contribution in [0.1, 0.15) is 5.56 Å². The first kappa shape index (κ1) is 16.9. The van der Waals surface area contributed by atoms with E-state index in [1.807, 2.05) is 43.3 Å². The molecule has 0 radical (unpaired) electrons. The van der Waals surface area contributed by atoms with Crippen LogP contribution in [0.15, 0.2) is 48.5 Å². The van der Waals surface area contributed by atoms with E-state index in [0.29, 0.717) is 11.4 Å². The summed E-state index contributed by atoms with van der Waals surface area (Å²) in [4.78, 5) is 16.6. The molecule has 0 bridgehead atoms. The number of sulfone groups is 1. The Hall–Kier alpha value is -2.54.